The minimum absolute atomic E-state index is 0.199. The van der Waals surface area contributed by atoms with E-state index in [2.05, 4.69) is 15.6 Å². The number of carbonyl (C=O) groups excluding carboxylic acids is 1. The zero-order chi connectivity index (χ0) is 14.4. The number of benzene rings is 1. The van der Waals surface area contributed by atoms with Crippen molar-refractivity contribution < 1.29 is 4.79 Å². The van der Waals surface area contributed by atoms with Gasteiger partial charge in [-0.2, -0.15) is 5.26 Å². The Labute approximate surface area is 117 Å². The molecule has 0 fully saturated rings. The van der Waals surface area contributed by atoms with Gasteiger partial charge in [0.05, 0.1) is 23.4 Å². The molecular formula is C15H14N4O. The van der Waals surface area contributed by atoms with E-state index in [1.165, 1.54) is 0 Å². The molecule has 0 aliphatic carbocycles. The van der Waals surface area contributed by atoms with Crippen molar-refractivity contribution in [2.75, 3.05) is 5.32 Å². The highest BCUT2D eigenvalue weighted by molar-refractivity contribution is 5.89. The van der Waals surface area contributed by atoms with E-state index in [0.29, 0.717) is 11.3 Å². The molecule has 20 heavy (non-hydrogen) atoms. The molecule has 1 atom stereocenters. The van der Waals surface area contributed by atoms with Gasteiger partial charge in [-0.05, 0) is 37.3 Å². The summed E-state index contributed by atoms with van der Waals surface area (Å²) in [6, 6.07) is 13.8. The second-order valence-corrected chi connectivity index (χ2v) is 4.27. The summed E-state index contributed by atoms with van der Waals surface area (Å²) >= 11 is 0. The van der Waals surface area contributed by atoms with Crippen molar-refractivity contribution in [1.82, 2.24) is 10.3 Å². The molecule has 1 aromatic carbocycles. The Morgan fingerprint density at radius 1 is 1.30 bits per heavy atom. The van der Waals surface area contributed by atoms with E-state index in [9.17, 15) is 4.79 Å². The molecule has 2 N–H and O–H groups in total. The lowest BCUT2D eigenvalue weighted by Crippen LogP contribution is -2.31. The van der Waals surface area contributed by atoms with Crippen LogP contribution in [-0.2, 0) is 0 Å². The number of rotatable bonds is 3. The van der Waals surface area contributed by atoms with E-state index in [-0.39, 0.29) is 12.1 Å². The molecule has 0 aliphatic heterocycles. The first kappa shape index (κ1) is 13.6. The average molecular weight is 266 g/mol. The van der Waals surface area contributed by atoms with Crippen molar-refractivity contribution in [2.45, 2.75) is 13.0 Å². The van der Waals surface area contributed by atoms with Gasteiger partial charge in [0.2, 0.25) is 0 Å². The number of aromatic nitrogens is 1. The number of carbonyl (C=O) groups is 1. The normalized spacial score (nSPS) is 11.2. The quantitative estimate of drug-likeness (QED) is 0.896. The van der Waals surface area contributed by atoms with Crippen LogP contribution in [0.4, 0.5) is 10.5 Å². The average Bonchev–Trinajstić information content (AvgIpc) is 2.48. The molecule has 1 heterocycles. The Balaban J connectivity index is 1.97. The molecule has 0 radical (unpaired) electrons. The molecule has 5 heteroatoms. The summed E-state index contributed by atoms with van der Waals surface area (Å²) in [7, 11) is 0. The maximum absolute atomic E-state index is 11.9. The highest BCUT2D eigenvalue weighted by Gasteiger charge is 2.10. The predicted molar refractivity (Wildman–Crippen MR) is 76.0 cm³/mol. The third kappa shape index (κ3) is 3.56. The summed E-state index contributed by atoms with van der Waals surface area (Å²) in [5, 5.41) is 14.3. The Bertz CT molecular complexity index is 634. The number of nitriles is 1. The standard InChI is InChI=1S/C15H14N4O/c1-11(14-7-2-3-8-17-14)18-15(20)19-13-6-4-5-12(9-13)10-16/h2-9,11H,1H3,(H2,18,19,20). The van der Waals surface area contributed by atoms with Crippen molar-refractivity contribution in [3.05, 3.63) is 59.9 Å². The molecule has 0 aliphatic rings. The topological polar surface area (TPSA) is 77.8 Å². The number of pyridine rings is 1. The lowest BCUT2D eigenvalue weighted by Gasteiger charge is -2.14. The summed E-state index contributed by atoms with van der Waals surface area (Å²) in [5.74, 6) is 0. The number of amides is 2. The van der Waals surface area contributed by atoms with Crippen LogP contribution in [0.2, 0.25) is 0 Å². The zero-order valence-electron chi connectivity index (χ0n) is 11.0. The molecule has 100 valence electrons. The van der Waals surface area contributed by atoms with E-state index in [4.69, 9.17) is 5.26 Å². The Hall–Kier alpha value is -2.87. The number of hydrogen-bond donors (Lipinski definition) is 2. The molecule has 2 amide bonds. The van der Waals surface area contributed by atoms with E-state index < -0.39 is 0 Å². The second-order valence-electron chi connectivity index (χ2n) is 4.27. The van der Waals surface area contributed by atoms with Crippen molar-refractivity contribution >= 4 is 11.7 Å². The third-order valence-corrected chi connectivity index (χ3v) is 2.73. The summed E-state index contributed by atoms with van der Waals surface area (Å²) in [6.07, 6.45) is 1.68. The Morgan fingerprint density at radius 3 is 2.85 bits per heavy atom. The van der Waals surface area contributed by atoms with E-state index in [1.807, 2.05) is 31.2 Å². The molecule has 5 nitrogen and oxygen atoms in total. The summed E-state index contributed by atoms with van der Waals surface area (Å²) in [6.45, 7) is 1.85. The summed E-state index contributed by atoms with van der Waals surface area (Å²) in [5.41, 5.74) is 1.86. The van der Waals surface area contributed by atoms with Crippen LogP contribution >= 0.6 is 0 Å². The summed E-state index contributed by atoms with van der Waals surface area (Å²) < 4.78 is 0. The molecule has 2 rings (SSSR count). The first-order chi connectivity index (χ1) is 9.69. The van der Waals surface area contributed by atoms with Crippen LogP contribution in [0.25, 0.3) is 0 Å². The molecule has 0 spiro atoms. The lowest BCUT2D eigenvalue weighted by molar-refractivity contribution is 0.249. The van der Waals surface area contributed by atoms with Crippen molar-refractivity contribution in [1.29, 1.82) is 5.26 Å². The van der Waals surface area contributed by atoms with Crippen LogP contribution in [0.1, 0.15) is 24.2 Å². The largest absolute Gasteiger partial charge is 0.330 e. The smallest absolute Gasteiger partial charge is 0.319 e. The molecule has 0 saturated heterocycles. The van der Waals surface area contributed by atoms with Crippen molar-refractivity contribution in [3.63, 3.8) is 0 Å². The van der Waals surface area contributed by atoms with Gasteiger partial charge in [0.25, 0.3) is 0 Å². The molecule has 2 aromatic rings. The van der Waals surface area contributed by atoms with Gasteiger partial charge >= 0.3 is 6.03 Å². The fraction of sp³-hybridized carbons (Fsp3) is 0.133. The van der Waals surface area contributed by atoms with Gasteiger partial charge in [-0.25, -0.2) is 4.79 Å². The fourth-order valence-electron chi connectivity index (χ4n) is 1.74. The SMILES string of the molecule is CC(NC(=O)Nc1cccc(C#N)c1)c1ccccn1. The van der Waals surface area contributed by atoms with Gasteiger partial charge in [0, 0.05) is 11.9 Å². The minimum Gasteiger partial charge on any atom is -0.330 e. The fourth-order valence-corrected chi connectivity index (χ4v) is 1.74. The lowest BCUT2D eigenvalue weighted by atomic mass is 10.2. The first-order valence-corrected chi connectivity index (χ1v) is 6.17. The van der Waals surface area contributed by atoms with Gasteiger partial charge in [0.1, 0.15) is 0 Å². The maximum atomic E-state index is 11.9. The molecule has 0 saturated carbocycles. The van der Waals surface area contributed by atoms with Crippen LogP contribution in [-0.4, -0.2) is 11.0 Å². The van der Waals surface area contributed by atoms with Gasteiger partial charge in [-0.3, -0.25) is 4.98 Å². The van der Waals surface area contributed by atoms with Crippen LogP contribution < -0.4 is 10.6 Å². The van der Waals surface area contributed by atoms with Crippen molar-refractivity contribution in [3.8, 4) is 6.07 Å². The number of nitrogens with one attached hydrogen (secondary N) is 2. The molecule has 1 unspecified atom stereocenters. The number of urea groups is 1. The van der Waals surface area contributed by atoms with Crippen molar-refractivity contribution in [2.24, 2.45) is 0 Å². The predicted octanol–water partition coefficient (Wildman–Crippen LogP) is 2.84. The number of nitrogens with zero attached hydrogens (tertiary/aromatic N) is 2. The van der Waals surface area contributed by atoms with Crippen LogP contribution in [0.5, 0.6) is 0 Å². The molecule has 0 bridgehead atoms. The summed E-state index contributed by atoms with van der Waals surface area (Å²) in [4.78, 5) is 16.0. The van der Waals surface area contributed by atoms with E-state index >= 15 is 0 Å². The zero-order valence-corrected chi connectivity index (χ0v) is 11.0. The van der Waals surface area contributed by atoms with E-state index in [1.54, 1.807) is 30.5 Å². The Kier molecular flexibility index (Phi) is 4.30. The highest BCUT2D eigenvalue weighted by atomic mass is 16.2. The van der Waals surface area contributed by atoms with Gasteiger partial charge in [-0.1, -0.05) is 12.1 Å². The maximum Gasteiger partial charge on any atom is 0.319 e. The minimum atomic E-state index is -0.335. The van der Waals surface area contributed by atoms with E-state index in [0.717, 1.165) is 5.69 Å². The second kappa shape index (κ2) is 6.34. The molecule has 1 aromatic heterocycles. The monoisotopic (exact) mass is 266 g/mol. The first-order valence-electron chi connectivity index (χ1n) is 6.17. The van der Waals surface area contributed by atoms with Gasteiger partial charge in [-0.15, -0.1) is 0 Å². The van der Waals surface area contributed by atoms with Crippen LogP contribution in [0, 0.1) is 11.3 Å². The van der Waals surface area contributed by atoms with Gasteiger partial charge < -0.3 is 10.6 Å². The van der Waals surface area contributed by atoms with Gasteiger partial charge in [0.15, 0.2) is 0 Å². The molecular weight excluding hydrogens is 252 g/mol. The number of hydrogen-bond acceptors (Lipinski definition) is 3. The Morgan fingerprint density at radius 2 is 2.15 bits per heavy atom. The van der Waals surface area contributed by atoms with Crippen LogP contribution in [0.3, 0.4) is 0 Å². The highest BCUT2D eigenvalue weighted by Crippen LogP contribution is 2.11. The van der Waals surface area contributed by atoms with Crippen LogP contribution in [0.15, 0.2) is 48.7 Å². The number of anilines is 1. The third-order valence-electron chi connectivity index (χ3n) is 2.73.